The Bertz CT molecular complexity index is 911. The fraction of sp³-hybridized carbons (Fsp3) is 0.316. The number of hydrogen-bond donors (Lipinski definition) is 2. The predicted octanol–water partition coefficient (Wildman–Crippen LogP) is 2.49. The predicted molar refractivity (Wildman–Crippen MR) is 106 cm³/mol. The molecule has 0 aromatic heterocycles. The molecule has 0 atom stereocenters. The molecule has 0 aliphatic heterocycles. The number of nitrogens with zero attached hydrogens (tertiary/aromatic N) is 1. The summed E-state index contributed by atoms with van der Waals surface area (Å²) in [7, 11) is -0.712. The van der Waals surface area contributed by atoms with E-state index in [1.54, 1.807) is 12.1 Å². The molecule has 8 heteroatoms. The Morgan fingerprint density at radius 1 is 1.19 bits per heavy atom. The summed E-state index contributed by atoms with van der Waals surface area (Å²) >= 11 is 0. The van der Waals surface area contributed by atoms with Crippen LogP contribution in [-0.4, -0.2) is 39.3 Å². The lowest BCUT2D eigenvalue weighted by atomic mass is 10.1. The zero-order valence-electron chi connectivity index (χ0n) is 15.7. The number of nitrogens with two attached hydrogens (primary N) is 1. The zero-order chi connectivity index (χ0) is 20.0. The number of carbonyl (C=O) groups excluding carboxylic acids is 1. The van der Waals surface area contributed by atoms with E-state index in [1.807, 2.05) is 25.1 Å². The molecule has 7 nitrogen and oxygen atoms in total. The molecule has 0 unspecified atom stereocenters. The van der Waals surface area contributed by atoms with Crippen LogP contribution >= 0.6 is 0 Å². The molecule has 0 aliphatic rings. The van der Waals surface area contributed by atoms with Crippen molar-refractivity contribution in [3.05, 3.63) is 48.0 Å². The summed E-state index contributed by atoms with van der Waals surface area (Å²) in [5, 5.41) is 2.75. The Kier molecular flexibility index (Phi) is 6.81. The molecule has 0 heterocycles. The van der Waals surface area contributed by atoms with Gasteiger partial charge in [-0.05, 0) is 43.2 Å². The summed E-state index contributed by atoms with van der Waals surface area (Å²) in [6, 6.07) is 11.8. The second-order valence-electron chi connectivity index (χ2n) is 6.13. The lowest BCUT2D eigenvalue weighted by Crippen LogP contribution is -2.22. The molecule has 2 aromatic carbocycles. The summed E-state index contributed by atoms with van der Waals surface area (Å²) in [4.78, 5) is 12.5. The normalized spacial score (nSPS) is 11.4. The third kappa shape index (κ3) is 5.21. The highest BCUT2D eigenvalue weighted by Crippen LogP contribution is 2.29. The van der Waals surface area contributed by atoms with Crippen LogP contribution in [0.3, 0.4) is 0 Å². The van der Waals surface area contributed by atoms with Crippen molar-refractivity contribution in [2.24, 2.45) is 0 Å². The number of amides is 1. The smallest absolute Gasteiger partial charge is 0.242 e. The van der Waals surface area contributed by atoms with Crippen molar-refractivity contribution in [2.75, 3.05) is 31.8 Å². The van der Waals surface area contributed by atoms with Crippen molar-refractivity contribution >= 4 is 27.3 Å². The Hall–Kier alpha value is -2.58. The molecule has 0 aliphatic carbocycles. The number of hydrogen-bond acceptors (Lipinski definition) is 5. The highest BCUT2D eigenvalue weighted by molar-refractivity contribution is 7.89. The van der Waals surface area contributed by atoms with Gasteiger partial charge in [-0.15, -0.1) is 0 Å². The highest BCUT2D eigenvalue weighted by Gasteiger charge is 2.20. The summed E-state index contributed by atoms with van der Waals surface area (Å²) in [5.74, 6) is 0.168. The van der Waals surface area contributed by atoms with Crippen LogP contribution < -0.4 is 15.8 Å². The van der Waals surface area contributed by atoms with Gasteiger partial charge in [-0.1, -0.05) is 18.2 Å². The van der Waals surface area contributed by atoms with Gasteiger partial charge < -0.3 is 15.8 Å². The summed E-state index contributed by atoms with van der Waals surface area (Å²) in [6.45, 7) is 2.21. The molecule has 0 saturated carbocycles. The third-order valence-corrected chi connectivity index (χ3v) is 5.79. The van der Waals surface area contributed by atoms with Crippen LogP contribution in [0.1, 0.15) is 18.9 Å². The van der Waals surface area contributed by atoms with Gasteiger partial charge in [0.1, 0.15) is 5.75 Å². The van der Waals surface area contributed by atoms with Gasteiger partial charge in [0.15, 0.2) is 0 Å². The monoisotopic (exact) mass is 391 g/mol. The van der Waals surface area contributed by atoms with Crippen molar-refractivity contribution < 1.29 is 17.9 Å². The Labute approximate surface area is 160 Å². The fourth-order valence-electron chi connectivity index (χ4n) is 2.48. The van der Waals surface area contributed by atoms with Gasteiger partial charge >= 0.3 is 0 Å². The largest absolute Gasteiger partial charge is 0.492 e. The standard InChI is InChI=1S/C19H25N3O4S/c1-4-26-18-11-10-15(27(24,25)22(2)3)13-17(18)21-19(23)12-9-14-7-5-6-8-16(14)20/h5-8,10-11,13H,4,9,12,20H2,1-3H3,(H,21,23). The second-order valence-corrected chi connectivity index (χ2v) is 8.28. The molecule has 2 aromatic rings. The van der Waals surface area contributed by atoms with Crippen molar-refractivity contribution in [3.8, 4) is 5.75 Å². The first kappa shape index (κ1) is 20.7. The lowest BCUT2D eigenvalue weighted by molar-refractivity contribution is -0.116. The first-order chi connectivity index (χ1) is 12.8. The molecular formula is C19H25N3O4S. The Morgan fingerprint density at radius 2 is 1.89 bits per heavy atom. The van der Waals surface area contributed by atoms with E-state index in [-0.39, 0.29) is 17.2 Å². The number of ether oxygens (including phenoxy) is 1. The van der Waals surface area contributed by atoms with Crippen LogP contribution in [0.25, 0.3) is 0 Å². The molecule has 0 saturated heterocycles. The van der Waals surface area contributed by atoms with Crippen molar-refractivity contribution in [1.29, 1.82) is 0 Å². The third-order valence-electron chi connectivity index (χ3n) is 3.98. The maximum absolute atomic E-state index is 12.4. The van der Waals surface area contributed by atoms with Gasteiger partial charge in [-0.25, -0.2) is 12.7 Å². The van der Waals surface area contributed by atoms with Crippen LogP contribution in [-0.2, 0) is 21.2 Å². The first-order valence-corrected chi connectivity index (χ1v) is 10.0. The average Bonchev–Trinajstić information content (AvgIpc) is 2.62. The van der Waals surface area contributed by atoms with Crippen LogP contribution in [0.2, 0.25) is 0 Å². The molecule has 2 rings (SSSR count). The van der Waals surface area contributed by atoms with E-state index in [0.29, 0.717) is 30.2 Å². The van der Waals surface area contributed by atoms with E-state index in [0.717, 1.165) is 9.87 Å². The average molecular weight is 391 g/mol. The molecule has 0 spiro atoms. The van der Waals surface area contributed by atoms with Crippen LogP contribution in [0, 0.1) is 0 Å². The van der Waals surface area contributed by atoms with E-state index in [1.165, 1.54) is 26.2 Å². The van der Waals surface area contributed by atoms with E-state index >= 15 is 0 Å². The Balaban J connectivity index is 2.19. The van der Waals surface area contributed by atoms with Crippen LogP contribution in [0.5, 0.6) is 5.75 Å². The number of rotatable bonds is 8. The summed E-state index contributed by atoms with van der Waals surface area (Å²) in [6.07, 6.45) is 0.697. The SMILES string of the molecule is CCOc1ccc(S(=O)(=O)N(C)C)cc1NC(=O)CCc1ccccc1N. The quantitative estimate of drug-likeness (QED) is 0.673. The molecule has 0 fully saturated rings. The number of anilines is 2. The van der Waals surface area contributed by atoms with Gasteiger partial charge in [0.2, 0.25) is 15.9 Å². The minimum absolute atomic E-state index is 0.0820. The maximum Gasteiger partial charge on any atom is 0.242 e. The minimum Gasteiger partial charge on any atom is -0.492 e. The van der Waals surface area contributed by atoms with Crippen LogP contribution in [0.15, 0.2) is 47.4 Å². The number of nitrogens with one attached hydrogen (secondary N) is 1. The van der Waals surface area contributed by atoms with Gasteiger partial charge in [0.25, 0.3) is 0 Å². The molecule has 1 amide bonds. The Morgan fingerprint density at radius 3 is 2.52 bits per heavy atom. The molecular weight excluding hydrogens is 366 g/mol. The van der Waals surface area contributed by atoms with Gasteiger partial charge in [-0.3, -0.25) is 4.79 Å². The molecule has 0 radical (unpaired) electrons. The molecule has 3 N–H and O–H groups in total. The van der Waals surface area contributed by atoms with Gasteiger partial charge in [0.05, 0.1) is 17.2 Å². The van der Waals surface area contributed by atoms with Crippen molar-refractivity contribution in [1.82, 2.24) is 4.31 Å². The molecule has 146 valence electrons. The van der Waals surface area contributed by atoms with Crippen LogP contribution in [0.4, 0.5) is 11.4 Å². The van der Waals surface area contributed by atoms with E-state index in [2.05, 4.69) is 5.32 Å². The minimum atomic E-state index is -3.62. The molecule has 0 bridgehead atoms. The van der Waals surface area contributed by atoms with E-state index in [9.17, 15) is 13.2 Å². The van der Waals surface area contributed by atoms with Gasteiger partial charge in [0, 0.05) is 26.2 Å². The number of sulfonamides is 1. The topological polar surface area (TPSA) is 102 Å². The first-order valence-electron chi connectivity index (χ1n) is 8.58. The lowest BCUT2D eigenvalue weighted by Gasteiger charge is -2.16. The van der Waals surface area contributed by atoms with E-state index in [4.69, 9.17) is 10.5 Å². The van der Waals surface area contributed by atoms with Crippen molar-refractivity contribution in [2.45, 2.75) is 24.7 Å². The fourth-order valence-corrected chi connectivity index (χ4v) is 3.41. The molecule has 27 heavy (non-hydrogen) atoms. The summed E-state index contributed by atoms with van der Waals surface area (Å²) < 4.78 is 31.3. The number of carbonyl (C=O) groups is 1. The maximum atomic E-state index is 12.4. The number of aryl methyl sites for hydroxylation is 1. The van der Waals surface area contributed by atoms with E-state index < -0.39 is 10.0 Å². The summed E-state index contributed by atoms with van der Waals surface area (Å²) in [5.41, 5.74) is 7.75. The van der Waals surface area contributed by atoms with Crippen molar-refractivity contribution in [3.63, 3.8) is 0 Å². The van der Waals surface area contributed by atoms with Gasteiger partial charge in [-0.2, -0.15) is 0 Å². The number of benzene rings is 2. The highest BCUT2D eigenvalue weighted by atomic mass is 32.2. The number of nitrogen functional groups attached to an aromatic ring is 1. The second kappa shape index (κ2) is 8.88. The number of para-hydroxylation sites is 1. The zero-order valence-corrected chi connectivity index (χ0v) is 16.5.